The van der Waals surface area contributed by atoms with Gasteiger partial charge in [-0.15, -0.1) is 0 Å². The minimum Gasteiger partial charge on any atom is -0.426 e. The number of benzene rings is 2. The summed E-state index contributed by atoms with van der Waals surface area (Å²) in [4.78, 5) is 23.0. The van der Waals surface area contributed by atoms with E-state index in [9.17, 15) is 4.79 Å². The van der Waals surface area contributed by atoms with E-state index in [1.807, 2.05) is 42.5 Å². The highest BCUT2D eigenvalue weighted by Gasteiger charge is 2.06. The van der Waals surface area contributed by atoms with E-state index in [1.54, 1.807) is 12.3 Å². The molecule has 0 radical (unpaired) electrons. The van der Waals surface area contributed by atoms with Crippen LogP contribution < -0.4 is 15.6 Å². The van der Waals surface area contributed by atoms with Crippen LogP contribution in [0.15, 0.2) is 71.8 Å². The highest BCUT2D eigenvalue weighted by Crippen LogP contribution is 2.24. The average molecular weight is 344 g/mol. The fourth-order valence-corrected chi connectivity index (χ4v) is 2.60. The van der Waals surface area contributed by atoms with E-state index in [2.05, 4.69) is 33.3 Å². The number of pyridine rings is 1. The van der Waals surface area contributed by atoms with Crippen LogP contribution in [0.4, 0.5) is 11.4 Å². The molecule has 4 aromatic rings. The molecule has 26 heavy (non-hydrogen) atoms. The average Bonchev–Trinajstić information content (AvgIpc) is 2.65. The zero-order valence-corrected chi connectivity index (χ0v) is 14.1. The summed E-state index contributed by atoms with van der Waals surface area (Å²) in [7, 11) is 0. The van der Waals surface area contributed by atoms with Gasteiger partial charge in [0.2, 0.25) is 0 Å². The first-order chi connectivity index (χ1) is 12.7. The summed E-state index contributed by atoms with van der Waals surface area (Å²) >= 11 is 0. The maximum atomic E-state index is 12.1. The summed E-state index contributed by atoms with van der Waals surface area (Å²) in [6, 6.07) is 17.3. The number of anilines is 2. The Balaban J connectivity index is 1.54. The minimum absolute atomic E-state index is 0.134. The van der Waals surface area contributed by atoms with Gasteiger partial charge < -0.3 is 10.1 Å². The smallest absolute Gasteiger partial charge is 0.302 e. The maximum absolute atomic E-state index is 12.1. The van der Waals surface area contributed by atoms with Gasteiger partial charge in [-0.3, -0.25) is 14.8 Å². The van der Waals surface area contributed by atoms with Gasteiger partial charge >= 0.3 is 6.01 Å². The molecule has 4 rings (SSSR count). The molecule has 0 amide bonds. The minimum atomic E-state index is -0.259. The van der Waals surface area contributed by atoms with Gasteiger partial charge in [-0.25, -0.2) is 0 Å². The number of ether oxygens (including phenoxy) is 1. The first kappa shape index (κ1) is 15.8. The van der Waals surface area contributed by atoms with Crippen molar-refractivity contribution < 1.29 is 4.74 Å². The van der Waals surface area contributed by atoms with Crippen molar-refractivity contribution in [3.63, 3.8) is 0 Å². The molecule has 0 fully saturated rings. The van der Waals surface area contributed by atoms with Crippen LogP contribution in [0.1, 0.15) is 5.56 Å². The van der Waals surface area contributed by atoms with Crippen molar-refractivity contribution in [2.24, 2.45) is 0 Å². The van der Waals surface area contributed by atoms with Crippen molar-refractivity contribution >= 4 is 22.3 Å². The van der Waals surface area contributed by atoms with E-state index in [1.165, 1.54) is 11.8 Å². The van der Waals surface area contributed by atoms with Crippen molar-refractivity contribution in [2.75, 3.05) is 5.32 Å². The van der Waals surface area contributed by atoms with Crippen LogP contribution in [0.5, 0.6) is 11.8 Å². The Morgan fingerprint density at radius 2 is 1.85 bits per heavy atom. The topological polar surface area (TPSA) is 79.9 Å². The number of hydrogen-bond acceptors (Lipinski definition) is 5. The number of nitrogens with zero attached hydrogens (tertiary/aromatic N) is 2. The molecule has 0 aliphatic rings. The second kappa shape index (κ2) is 6.68. The summed E-state index contributed by atoms with van der Waals surface area (Å²) in [5.74, 6) is 0.576. The Morgan fingerprint density at radius 1 is 1.04 bits per heavy atom. The molecule has 0 bridgehead atoms. The van der Waals surface area contributed by atoms with Crippen molar-refractivity contribution in [1.29, 1.82) is 0 Å². The fraction of sp³-hybridized carbons (Fsp3) is 0.0500. The number of aromatic nitrogens is 3. The number of rotatable bonds is 4. The molecule has 6 nitrogen and oxygen atoms in total. The highest BCUT2D eigenvalue weighted by atomic mass is 16.5. The van der Waals surface area contributed by atoms with Crippen LogP contribution in [-0.2, 0) is 0 Å². The van der Waals surface area contributed by atoms with Gasteiger partial charge in [0.05, 0.1) is 17.1 Å². The largest absolute Gasteiger partial charge is 0.426 e. The zero-order chi connectivity index (χ0) is 17.9. The molecule has 0 unspecified atom stereocenters. The Hall–Kier alpha value is -3.67. The van der Waals surface area contributed by atoms with Crippen LogP contribution in [-0.4, -0.2) is 15.0 Å². The molecule has 128 valence electrons. The molecule has 6 heteroatoms. The molecule has 0 aliphatic heterocycles. The highest BCUT2D eigenvalue weighted by molar-refractivity contribution is 5.76. The zero-order valence-electron chi connectivity index (χ0n) is 14.1. The number of nitrogens with one attached hydrogen (secondary N) is 2. The van der Waals surface area contributed by atoms with E-state index >= 15 is 0 Å². The summed E-state index contributed by atoms with van der Waals surface area (Å²) < 4.78 is 5.67. The third kappa shape index (κ3) is 3.25. The molecule has 2 aromatic carbocycles. The third-order valence-electron chi connectivity index (χ3n) is 3.98. The molecule has 0 spiro atoms. The molecule has 0 aliphatic carbocycles. The Labute approximate surface area is 149 Å². The number of aromatic amines is 1. The second-order valence-electron chi connectivity index (χ2n) is 5.83. The van der Waals surface area contributed by atoms with Gasteiger partial charge in [-0.1, -0.05) is 18.2 Å². The molecule has 2 aromatic heterocycles. The Bertz CT molecular complexity index is 1120. The van der Waals surface area contributed by atoms with E-state index in [4.69, 9.17) is 4.74 Å². The van der Waals surface area contributed by atoms with Crippen LogP contribution >= 0.6 is 0 Å². The lowest BCUT2D eigenvalue weighted by Crippen LogP contribution is -2.09. The molecule has 0 saturated carbocycles. The van der Waals surface area contributed by atoms with Crippen LogP contribution in [0.25, 0.3) is 10.9 Å². The standard InChI is InChI=1S/C20H16N4O2/c1-13-4-2-3-5-17(13)22-14-6-8-15(9-7-14)26-20-23-18-12-21-11-10-16(18)19(25)24-20/h2-12,22H,1H3,(H,23,24,25). The summed E-state index contributed by atoms with van der Waals surface area (Å²) in [6.45, 7) is 2.05. The van der Waals surface area contributed by atoms with Crippen molar-refractivity contribution in [3.8, 4) is 11.8 Å². The lowest BCUT2D eigenvalue weighted by molar-refractivity contribution is 0.443. The number of hydrogen-bond donors (Lipinski definition) is 2. The normalized spacial score (nSPS) is 10.7. The molecule has 2 N–H and O–H groups in total. The maximum Gasteiger partial charge on any atom is 0.302 e. The van der Waals surface area contributed by atoms with Gasteiger partial charge in [0.1, 0.15) is 5.75 Å². The van der Waals surface area contributed by atoms with E-state index < -0.39 is 0 Å². The molecule has 2 heterocycles. The van der Waals surface area contributed by atoms with Crippen molar-refractivity contribution in [1.82, 2.24) is 15.0 Å². The fourth-order valence-electron chi connectivity index (χ4n) is 2.60. The molecule has 0 atom stereocenters. The summed E-state index contributed by atoms with van der Waals surface area (Å²) in [5.41, 5.74) is 3.39. The van der Waals surface area contributed by atoms with E-state index in [0.29, 0.717) is 16.7 Å². The monoisotopic (exact) mass is 344 g/mol. The summed E-state index contributed by atoms with van der Waals surface area (Å²) in [6.07, 6.45) is 3.09. The third-order valence-corrected chi connectivity index (χ3v) is 3.98. The lowest BCUT2D eigenvalue weighted by atomic mass is 10.2. The number of para-hydroxylation sites is 1. The Kier molecular flexibility index (Phi) is 4.07. The molecular formula is C20H16N4O2. The van der Waals surface area contributed by atoms with Crippen LogP contribution in [0.3, 0.4) is 0 Å². The van der Waals surface area contributed by atoms with Crippen LogP contribution in [0.2, 0.25) is 0 Å². The first-order valence-electron chi connectivity index (χ1n) is 8.14. The lowest BCUT2D eigenvalue weighted by Gasteiger charge is -2.10. The van der Waals surface area contributed by atoms with Gasteiger partial charge in [-0.2, -0.15) is 4.98 Å². The predicted octanol–water partition coefficient (Wildman–Crippen LogP) is 4.16. The van der Waals surface area contributed by atoms with E-state index in [0.717, 1.165) is 11.4 Å². The van der Waals surface area contributed by atoms with Crippen molar-refractivity contribution in [2.45, 2.75) is 6.92 Å². The predicted molar refractivity (Wildman–Crippen MR) is 101 cm³/mol. The van der Waals surface area contributed by atoms with E-state index in [-0.39, 0.29) is 11.6 Å². The first-order valence-corrected chi connectivity index (χ1v) is 8.14. The molecule has 0 saturated heterocycles. The van der Waals surface area contributed by atoms with Gasteiger partial charge in [-0.05, 0) is 48.9 Å². The van der Waals surface area contributed by atoms with Crippen molar-refractivity contribution in [3.05, 3.63) is 82.9 Å². The quantitative estimate of drug-likeness (QED) is 0.581. The van der Waals surface area contributed by atoms with Gasteiger partial charge in [0.25, 0.3) is 5.56 Å². The molecular weight excluding hydrogens is 328 g/mol. The number of aryl methyl sites for hydroxylation is 1. The number of fused-ring (bicyclic) bond motifs is 1. The summed E-state index contributed by atoms with van der Waals surface area (Å²) in [5, 5.41) is 3.84. The second-order valence-corrected chi connectivity index (χ2v) is 5.83. The SMILES string of the molecule is Cc1ccccc1Nc1ccc(Oc2nc3cnccc3c(=O)[nH]2)cc1. The van der Waals surface area contributed by atoms with Crippen LogP contribution in [0, 0.1) is 6.92 Å². The Morgan fingerprint density at radius 3 is 2.65 bits per heavy atom. The number of H-pyrrole nitrogens is 1. The van der Waals surface area contributed by atoms with Gasteiger partial charge in [0, 0.05) is 17.6 Å². The van der Waals surface area contributed by atoms with Gasteiger partial charge in [0.15, 0.2) is 0 Å².